The van der Waals surface area contributed by atoms with Crippen LogP contribution < -0.4 is 0 Å². The molecule has 0 fully saturated rings. The van der Waals surface area contributed by atoms with Crippen LogP contribution in [0.1, 0.15) is 27.2 Å². The first-order valence-corrected chi connectivity index (χ1v) is 5.99. The largest absolute Gasteiger partial charge is 0.465 e. The van der Waals surface area contributed by atoms with Gasteiger partial charge in [-0.15, -0.1) is 0 Å². The maximum absolute atomic E-state index is 11.3. The van der Waals surface area contributed by atoms with E-state index < -0.39 is 20.6 Å². The first-order valence-electron chi connectivity index (χ1n) is 4.10. The van der Waals surface area contributed by atoms with Gasteiger partial charge in [-0.1, -0.05) is 6.92 Å². The van der Waals surface area contributed by atoms with E-state index >= 15 is 0 Å². The van der Waals surface area contributed by atoms with E-state index in [1.54, 1.807) is 0 Å². The van der Waals surface area contributed by atoms with Crippen LogP contribution in [0.3, 0.4) is 0 Å². The van der Waals surface area contributed by atoms with Gasteiger partial charge < -0.3 is 4.74 Å². The highest BCUT2D eigenvalue weighted by Gasteiger charge is 2.39. The van der Waals surface area contributed by atoms with Gasteiger partial charge in [0.25, 0.3) is 0 Å². The number of rotatable bonds is 4. The highest BCUT2D eigenvalue weighted by atomic mass is 32.2. The van der Waals surface area contributed by atoms with Gasteiger partial charge in [-0.3, -0.25) is 4.79 Å². The maximum Gasteiger partial charge on any atom is 0.326 e. The molecule has 0 rings (SSSR count). The van der Waals surface area contributed by atoms with E-state index in [0.29, 0.717) is 6.42 Å². The Morgan fingerprint density at radius 3 is 2.15 bits per heavy atom. The van der Waals surface area contributed by atoms with Gasteiger partial charge in [0, 0.05) is 6.26 Å². The predicted octanol–water partition coefficient (Wildman–Crippen LogP) is 0.763. The van der Waals surface area contributed by atoms with E-state index in [0.717, 1.165) is 6.26 Å². The zero-order valence-corrected chi connectivity index (χ0v) is 9.27. The van der Waals surface area contributed by atoms with Crippen LogP contribution in [0.4, 0.5) is 0 Å². The Balaban J connectivity index is 4.57. The second-order valence-electron chi connectivity index (χ2n) is 3.42. The first-order chi connectivity index (χ1) is 5.73. The van der Waals surface area contributed by atoms with E-state index in [1.165, 1.54) is 13.8 Å². The second kappa shape index (κ2) is 4.09. The minimum Gasteiger partial charge on any atom is -0.465 e. The summed E-state index contributed by atoms with van der Waals surface area (Å²) in [5, 5.41) is 0. The van der Waals surface area contributed by atoms with Crippen molar-refractivity contribution < 1.29 is 17.9 Å². The van der Waals surface area contributed by atoms with Crippen molar-refractivity contribution >= 4 is 15.8 Å². The molecule has 0 saturated heterocycles. The Morgan fingerprint density at radius 2 is 1.85 bits per heavy atom. The van der Waals surface area contributed by atoms with E-state index in [4.69, 9.17) is 4.74 Å². The van der Waals surface area contributed by atoms with Crippen LogP contribution in [-0.4, -0.2) is 32.0 Å². The Kier molecular flexibility index (Phi) is 3.90. The van der Waals surface area contributed by atoms with E-state index in [9.17, 15) is 13.2 Å². The van der Waals surface area contributed by atoms with Gasteiger partial charge in [-0.2, -0.15) is 0 Å². The molecule has 5 heteroatoms. The highest BCUT2D eigenvalue weighted by molar-refractivity contribution is 7.92. The minimum absolute atomic E-state index is 0.262. The van der Waals surface area contributed by atoms with E-state index in [1.807, 2.05) is 6.92 Å². The number of carbonyl (C=O) groups excluding carboxylic acids is 1. The molecule has 4 nitrogen and oxygen atoms in total. The molecule has 0 amide bonds. The average Bonchev–Trinajstić information content (AvgIpc) is 1.97. The van der Waals surface area contributed by atoms with E-state index in [2.05, 4.69) is 0 Å². The summed E-state index contributed by atoms with van der Waals surface area (Å²) >= 11 is 0. The molecule has 0 heterocycles. The molecule has 0 aliphatic heterocycles. The summed E-state index contributed by atoms with van der Waals surface area (Å²) < 4.78 is 25.6. The maximum atomic E-state index is 11.3. The van der Waals surface area contributed by atoms with Crippen LogP contribution in [0.5, 0.6) is 0 Å². The van der Waals surface area contributed by atoms with Gasteiger partial charge in [-0.05, 0) is 20.3 Å². The topological polar surface area (TPSA) is 60.4 Å². The van der Waals surface area contributed by atoms with Crippen molar-refractivity contribution in [2.75, 3.05) is 12.9 Å². The number of ether oxygens (including phenoxy) is 1. The van der Waals surface area contributed by atoms with Crippen molar-refractivity contribution in [1.29, 1.82) is 0 Å². The Bertz CT molecular complexity index is 277. The number of sulfone groups is 1. The third-order valence-electron chi connectivity index (χ3n) is 1.86. The standard InChI is InChI=1S/C8H16O4S/c1-5-6-12-7(9)8(2,3)13(4,10)11/h5-6H2,1-4H3. The van der Waals surface area contributed by atoms with Gasteiger partial charge in [0.2, 0.25) is 0 Å². The van der Waals surface area contributed by atoms with Crippen LogP contribution in [0.15, 0.2) is 0 Å². The summed E-state index contributed by atoms with van der Waals surface area (Å²) in [5.41, 5.74) is 0. The molecular weight excluding hydrogens is 192 g/mol. The van der Waals surface area contributed by atoms with E-state index in [-0.39, 0.29) is 6.61 Å². The number of esters is 1. The first kappa shape index (κ1) is 12.4. The van der Waals surface area contributed by atoms with Crippen LogP contribution in [0.2, 0.25) is 0 Å². The van der Waals surface area contributed by atoms with Gasteiger partial charge in [-0.25, -0.2) is 8.42 Å². The molecule has 0 bridgehead atoms. The SMILES string of the molecule is CCCOC(=O)C(C)(C)S(C)(=O)=O. The fourth-order valence-corrected chi connectivity index (χ4v) is 0.882. The summed E-state index contributed by atoms with van der Waals surface area (Å²) in [6, 6.07) is 0. The molecular formula is C8H16O4S. The summed E-state index contributed by atoms with van der Waals surface area (Å²) in [4.78, 5) is 11.3. The van der Waals surface area contributed by atoms with Crippen molar-refractivity contribution in [2.45, 2.75) is 31.9 Å². The van der Waals surface area contributed by atoms with Crippen molar-refractivity contribution in [3.8, 4) is 0 Å². The zero-order chi connectivity index (χ0) is 10.7. The molecule has 78 valence electrons. The van der Waals surface area contributed by atoms with Crippen molar-refractivity contribution in [1.82, 2.24) is 0 Å². The summed E-state index contributed by atoms with van der Waals surface area (Å²) in [6.45, 7) is 4.80. The smallest absolute Gasteiger partial charge is 0.326 e. The molecule has 0 aromatic carbocycles. The third-order valence-corrected chi connectivity index (χ3v) is 3.88. The van der Waals surface area contributed by atoms with Gasteiger partial charge >= 0.3 is 5.97 Å². The van der Waals surface area contributed by atoms with Gasteiger partial charge in [0.05, 0.1) is 6.61 Å². The molecule has 0 saturated carbocycles. The molecule has 0 aromatic rings. The van der Waals surface area contributed by atoms with Crippen LogP contribution in [0, 0.1) is 0 Å². The minimum atomic E-state index is -3.41. The van der Waals surface area contributed by atoms with Crippen LogP contribution in [-0.2, 0) is 19.4 Å². The average molecular weight is 208 g/mol. The van der Waals surface area contributed by atoms with Crippen molar-refractivity contribution in [3.05, 3.63) is 0 Å². The summed E-state index contributed by atoms with van der Waals surface area (Å²) in [5.74, 6) is -0.683. The summed E-state index contributed by atoms with van der Waals surface area (Å²) in [7, 11) is -3.41. The lowest BCUT2D eigenvalue weighted by Crippen LogP contribution is -2.41. The number of hydrogen-bond donors (Lipinski definition) is 0. The zero-order valence-electron chi connectivity index (χ0n) is 8.46. The van der Waals surface area contributed by atoms with Gasteiger partial charge in [0.1, 0.15) is 0 Å². The molecule has 0 radical (unpaired) electrons. The predicted molar refractivity (Wildman–Crippen MR) is 50.2 cm³/mol. The molecule has 0 aliphatic rings. The second-order valence-corrected chi connectivity index (χ2v) is 5.98. The van der Waals surface area contributed by atoms with Crippen LogP contribution in [0.25, 0.3) is 0 Å². The Morgan fingerprint density at radius 1 is 1.38 bits per heavy atom. The van der Waals surface area contributed by atoms with Crippen molar-refractivity contribution in [2.24, 2.45) is 0 Å². The van der Waals surface area contributed by atoms with Crippen molar-refractivity contribution in [3.63, 3.8) is 0 Å². The lowest BCUT2D eigenvalue weighted by atomic mass is 10.2. The van der Waals surface area contributed by atoms with Crippen LogP contribution >= 0.6 is 0 Å². The molecule has 0 spiro atoms. The fraction of sp³-hybridized carbons (Fsp3) is 0.875. The number of hydrogen-bond acceptors (Lipinski definition) is 4. The lowest BCUT2D eigenvalue weighted by Gasteiger charge is -2.19. The number of carbonyl (C=O) groups is 1. The van der Waals surface area contributed by atoms with Gasteiger partial charge in [0.15, 0.2) is 14.6 Å². The Labute approximate surface area is 79.2 Å². The monoisotopic (exact) mass is 208 g/mol. The molecule has 0 aliphatic carbocycles. The lowest BCUT2D eigenvalue weighted by molar-refractivity contribution is -0.145. The Hall–Kier alpha value is -0.580. The normalized spacial score (nSPS) is 12.6. The molecule has 0 N–H and O–H groups in total. The third kappa shape index (κ3) is 2.99. The highest BCUT2D eigenvalue weighted by Crippen LogP contribution is 2.16. The molecule has 0 unspecified atom stereocenters. The summed E-state index contributed by atoms with van der Waals surface area (Å²) in [6.07, 6.45) is 1.71. The molecule has 13 heavy (non-hydrogen) atoms. The molecule has 0 aromatic heterocycles. The quantitative estimate of drug-likeness (QED) is 0.640. The molecule has 0 atom stereocenters. The fourth-order valence-electron chi connectivity index (χ4n) is 0.520.